The van der Waals surface area contributed by atoms with Gasteiger partial charge in [0, 0.05) is 12.5 Å². The number of aliphatic hydroxyl groups excluding tert-OH is 2. The summed E-state index contributed by atoms with van der Waals surface area (Å²) in [4.78, 5) is 19.5. The fourth-order valence-corrected chi connectivity index (χ4v) is 2.37. The van der Waals surface area contributed by atoms with Gasteiger partial charge in [0.25, 0.3) is 0 Å². The lowest BCUT2D eigenvalue weighted by Crippen LogP contribution is -2.31. The first-order chi connectivity index (χ1) is 9.47. The fourth-order valence-electron chi connectivity index (χ4n) is 2.14. The predicted octanol–water partition coefficient (Wildman–Crippen LogP) is -0.584. The molecule has 1 aromatic heterocycles. The Morgan fingerprint density at radius 2 is 2.25 bits per heavy atom. The van der Waals surface area contributed by atoms with Gasteiger partial charge >= 0.3 is 0 Å². The molecule has 0 spiro atoms. The first kappa shape index (κ1) is 14.5. The smallest absolute Gasteiger partial charge is 0.223 e. The number of ketones is 1. The second-order valence-electron chi connectivity index (χ2n) is 4.46. The molecule has 0 bridgehead atoms. The van der Waals surface area contributed by atoms with Crippen LogP contribution in [0.1, 0.15) is 12.0 Å². The molecule has 2 rings (SSSR count). The standard InChI is InChI=1S/C12H13ClN4O3/c1-2-6-10(13)16-12(14)17-11(6)15-7-3-5(4-18)8(19)9(7)20/h1,5,7-8,18-19H,3-4H2,(H3,14,15,16,17). The highest BCUT2D eigenvalue weighted by molar-refractivity contribution is 6.31. The van der Waals surface area contributed by atoms with Crippen LogP contribution in [0, 0.1) is 18.3 Å². The van der Waals surface area contributed by atoms with Crippen LogP contribution >= 0.6 is 11.6 Å². The molecule has 0 amide bonds. The van der Waals surface area contributed by atoms with Crippen molar-refractivity contribution in [1.82, 2.24) is 9.97 Å². The van der Waals surface area contributed by atoms with Crippen molar-refractivity contribution in [2.24, 2.45) is 5.92 Å². The maximum absolute atomic E-state index is 11.9. The highest BCUT2D eigenvalue weighted by Crippen LogP contribution is 2.28. The number of rotatable bonds is 3. The Hall–Kier alpha value is -1.88. The van der Waals surface area contributed by atoms with Gasteiger partial charge in [0.15, 0.2) is 10.9 Å². The summed E-state index contributed by atoms with van der Waals surface area (Å²) in [6, 6.07) is -0.709. The number of hydrogen-bond acceptors (Lipinski definition) is 7. The fraction of sp³-hybridized carbons (Fsp3) is 0.417. The van der Waals surface area contributed by atoms with E-state index in [0.717, 1.165) is 0 Å². The molecular formula is C12H13ClN4O3. The van der Waals surface area contributed by atoms with E-state index in [2.05, 4.69) is 21.2 Å². The minimum absolute atomic E-state index is 0.00667. The largest absolute Gasteiger partial charge is 0.396 e. The van der Waals surface area contributed by atoms with E-state index >= 15 is 0 Å². The summed E-state index contributed by atoms with van der Waals surface area (Å²) in [5.41, 5.74) is 5.67. The predicted molar refractivity (Wildman–Crippen MR) is 73.0 cm³/mol. The molecule has 0 saturated heterocycles. The lowest BCUT2D eigenvalue weighted by molar-refractivity contribution is -0.126. The molecule has 106 valence electrons. The molecule has 0 radical (unpaired) electrons. The molecule has 0 aliphatic heterocycles. The number of halogens is 1. The van der Waals surface area contributed by atoms with Crippen molar-refractivity contribution >= 4 is 29.2 Å². The van der Waals surface area contributed by atoms with Gasteiger partial charge in [-0.05, 0) is 6.42 Å². The Labute approximate surface area is 120 Å². The molecule has 5 N–H and O–H groups in total. The summed E-state index contributed by atoms with van der Waals surface area (Å²) in [7, 11) is 0. The molecule has 1 aromatic rings. The van der Waals surface area contributed by atoms with Gasteiger partial charge in [0.05, 0.1) is 6.04 Å². The topological polar surface area (TPSA) is 121 Å². The van der Waals surface area contributed by atoms with Crippen molar-refractivity contribution in [3.05, 3.63) is 10.7 Å². The molecule has 7 nitrogen and oxygen atoms in total. The Balaban J connectivity index is 2.28. The van der Waals surface area contributed by atoms with Crippen molar-refractivity contribution in [3.8, 4) is 12.3 Å². The zero-order chi connectivity index (χ0) is 14.9. The number of nitrogens with one attached hydrogen (secondary N) is 1. The maximum Gasteiger partial charge on any atom is 0.223 e. The summed E-state index contributed by atoms with van der Waals surface area (Å²) in [5.74, 6) is 1.46. The third-order valence-electron chi connectivity index (χ3n) is 3.19. The molecule has 1 fully saturated rings. The molecule has 1 aliphatic carbocycles. The molecule has 1 aliphatic rings. The average molecular weight is 297 g/mol. The summed E-state index contributed by atoms with van der Waals surface area (Å²) in [5, 5.41) is 21.6. The third-order valence-corrected chi connectivity index (χ3v) is 3.47. The van der Waals surface area contributed by atoms with Crippen molar-refractivity contribution in [3.63, 3.8) is 0 Å². The number of Topliss-reactive ketones (excluding diaryl/α,β-unsaturated/α-hetero) is 1. The van der Waals surface area contributed by atoms with E-state index in [1.165, 1.54) is 0 Å². The van der Waals surface area contributed by atoms with Crippen molar-refractivity contribution in [2.75, 3.05) is 17.7 Å². The van der Waals surface area contributed by atoms with Crippen LogP contribution < -0.4 is 11.1 Å². The zero-order valence-electron chi connectivity index (χ0n) is 10.4. The molecule has 0 aromatic carbocycles. The monoisotopic (exact) mass is 296 g/mol. The Kier molecular flexibility index (Phi) is 4.09. The number of nitrogen functional groups attached to an aromatic ring is 1. The molecule has 8 heteroatoms. The molecular weight excluding hydrogens is 284 g/mol. The van der Waals surface area contributed by atoms with E-state index in [4.69, 9.17) is 28.9 Å². The third kappa shape index (κ3) is 2.54. The Morgan fingerprint density at radius 1 is 1.55 bits per heavy atom. The van der Waals surface area contributed by atoms with Gasteiger partial charge in [-0.15, -0.1) is 6.42 Å². The molecule has 1 heterocycles. The van der Waals surface area contributed by atoms with Crippen molar-refractivity contribution in [2.45, 2.75) is 18.6 Å². The van der Waals surface area contributed by atoms with E-state index in [0.29, 0.717) is 0 Å². The second kappa shape index (κ2) is 5.63. The van der Waals surface area contributed by atoms with Gasteiger partial charge in [0.1, 0.15) is 17.5 Å². The van der Waals surface area contributed by atoms with E-state index in [9.17, 15) is 9.90 Å². The number of aliphatic hydroxyl groups is 2. The number of aromatic nitrogens is 2. The Bertz CT molecular complexity index is 587. The number of terminal acetylenes is 1. The summed E-state index contributed by atoms with van der Waals surface area (Å²) < 4.78 is 0. The first-order valence-corrected chi connectivity index (χ1v) is 6.24. The minimum Gasteiger partial charge on any atom is -0.396 e. The lowest BCUT2D eigenvalue weighted by atomic mass is 10.1. The molecule has 1 saturated carbocycles. The number of nitrogens with zero attached hydrogens (tertiary/aromatic N) is 2. The van der Waals surface area contributed by atoms with Crippen molar-refractivity contribution in [1.29, 1.82) is 0 Å². The van der Waals surface area contributed by atoms with Crippen LogP contribution in [0.15, 0.2) is 0 Å². The molecule has 3 atom stereocenters. The van der Waals surface area contributed by atoms with E-state index in [1.807, 2.05) is 0 Å². The van der Waals surface area contributed by atoms with Gasteiger partial charge in [-0.3, -0.25) is 4.79 Å². The first-order valence-electron chi connectivity index (χ1n) is 5.86. The lowest BCUT2D eigenvalue weighted by Gasteiger charge is -2.14. The molecule has 20 heavy (non-hydrogen) atoms. The normalized spacial score (nSPS) is 25.5. The summed E-state index contributed by atoms with van der Waals surface area (Å²) >= 11 is 5.85. The average Bonchev–Trinajstić information content (AvgIpc) is 2.66. The van der Waals surface area contributed by atoms with E-state index in [-0.39, 0.29) is 35.5 Å². The van der Waals surface area contributed by atoms with Crippen molar-refractivity contribution < 1.29 is 15.0 Å². The van der Waals surface area contributed by atoms with Crippen LogP contribution in [0.4, 0.5) is 11.8 Å². The van der Waals surface area contributed by atoms with Crippen LogP contribution in [0.3, 0.4) is 0 Å². The highest BCUT2D eigenvalue weighted by atomic mass is 35.5. The Morgan fingerprint density at radius 3 is 2.80 bits per heavy atom. The summed E-state index contributed by atoms with van der Waals surface area (Å²) in [6.45, 7) is -0.278. The highest BCUT2D eigenvalue weighted by Gasteiger charge is 2.41. The number of carbonyl (C=O) groups is 1. The molecule has 3 unspecified atom stereocenters. The number of hydrogen-bond donors (Lipinski definition) is 4. The second-order valence-corrected chi connectivity index (χ2v) is 4.82. The maximum atomic E-state index is 11.9. The quantitative estimate of drug-likeness (QED) is 0.435. The van der Waals surface area contributed by atoms with Gasteiger partial charge < -0.3 is 21.3 Å². The number of nitrogens with two attached hydrogens (primary N) is 1. The minimum atomic E-state index is -1.21. The van der Waals surface area contributed by atoms with Crippen LogP contribution in [0.5, 0.6) is 0 Å². The van der Waals surface area contributed by atoms with E-state index < -0.39 is 23.8 Å². The van der Waals surface area contributed by atoms with Gasteiger partial charge in [-0.1, -0.05) is 17.5 Å². The number of carbonyl (C=O) groups excluding carboxylic acids is 1. The SMILES string of the molecule is C#Cc1c(Cl)nc(N)nc1NC1CC(CO)C(O)C1=O. The van der Waals surface area contributed by atoms with E-state index in [1.54, 1.807) is 0 Å². The zero-order valence-corrected chi connectivity index (χ0v) is 11.1. The van der Waals surface area contributed by atoms with Crippen LogP contribution in [0.2, 0.25) is 5.15 Å². The van der Waals surface area contributed by atoms with Crippen LogP contribution in [-0.2, 0) is 4.79 Å². The van der Waals surface area contributed by atoms with Gasteiger partial charge in [0.2, 0.25) is 5.95 Å². The summed E-state index contributed by atoms with van der Waals surface area (Å²) in [6.07, 6.45) is 4.38. The van der Waals surface area contributed by atoms with Crippen LogP contribution in [-0.4, -0.2) is 44.7 Å². The number of anilines is 2. The van der Waals surface area contributed by atoms with Gasteiger partial charge in [-0.2, -0.15) is 9.97 Å². The van der Waals surface area contributed by atoms with Crippen LogP contribution in [0.25, 0.3) is 0 Å². The van der Waals surface area contributed by atoms with Gasteiger partial charge in [-0.25, -0.2) is 0 Å².